The predicted molar refractivity (Wildman–Crippen MR) is 89.9 cm³/mol. The van der Waals surface area contributed by atoms with Crippen molar-refractivity contribution in [2.45, 2.75) is 38.5 Å². The number of carbonyl (C=O) groups excluding carboxylic acids is 1. The first kappa shape index (κ1) is 14.7. The number of nitrogens with zero attached hydrogens (tertiary/aromatic N) is 1. The fraction of sp³-hybridized carbons (Fsp3) is 0.300. The van der Waals surface area contributed by atoms with Crippen molar-refractivity contribution in [1.82, 2.24) is 4.98 Å². The Hall–Kier alpha value is -2.22. The summed E-state index contributed by atoms with van der Waals surface area (Å²) >= 11 is 0. The maximum atomic E-state index is 12.5. The molecule has 1 aromatic heterocycles. The van der Waals surface area contributed by atoms with Gasteiger partial charge in [0.15, 0.2) is 5.78 Å². The zero-order valence-corrected chi connectivity index (χ0v) is 13.0. The molecule has 0 N–H and O–H groups in total. The summed E-state index contributed by atoms with van der Waals surface area (Å²) in [6.45, 7) is 1.97. The summed E-state index contributed by atoms with van der Waals surface area (Å²) in [5.74, 6) is 0.0174. The van der Waals surface area contributed by atoms with Crippen LogP contribution in [0.15, 0.2) is 54.9 Å². The van der Waals surface area contributed by atoms with Gasteiger partial charge in [0.05, 0.1) is 0 Å². The van der Waals surface area contributed by atoms with Crippen molar-refractivity contribution in [1.29, 1.82) is 0 Å². The molecule has 1 unspecified atom stereocenters. The summed E-state index contributed by atoms with van der Waals surface area (Å²) in [7, 11) is 0. The van der Waals surface area contributed by atoms with E-state index in [4.69, 9.17) is 0 Å². The molecule has 2 aromatic rings. The Morgan fingerprint density at radius 2 is 1.77 bits per heavy atom. The lowest BCUT2D eigenvalue weighted by Gasteiger charge is -2.15. The molecule has 0 amide bonds. The molecule has 0 saturated carbocycles. The van der Waals surface area contributed by atoms with Crippen molar-refractivity contribution in [3.63, 3.8) is 0 Å². The molecule has 0 radical (unpaired) electrons. The van der Waals surface area contributed by atoms with Gasteiger partial charge in [-0.3, -0.25) is 9.78 Å². The Bertz CT molecular complexity index is 671. The van der Waals surface area contributed by atoms with Crippen LogP contribution in [-0.2, 0) is 0 Å². The van der Waals surface area contributed by atoms with Gasteiger partial charge in [-0.15, -0.1) is 0 Å². The third-order valence-corrected chi connectivity index (χ3v) is 4.43. The fourth-order valence-electron chi connectivity index (χ4n) is 3.00. The van der Waals surface area contributed by atoms with E-state index in [1.165, 1.54) is 36.8 Å². The standard InChI is InChI=1S/C20H21NO/c1-15(20(22)19-11-13-21-14-12-19)16-7-9-18(10-8-16)17-5-3-2-4-6-17/h5,7-15H,2-4,6H2,1H3. The number of aromatic nitrogens is 1. The van der Waals surface area contributed by atoms with Crippen LogP contribution in [0.2, 0.25) is 0 Å². The minimum Gasteiger partial charge on any atom is -0.294 e. The monoisotopic (exact) mass is 291 g/mol. The highest BCUT2D eigenvalue weighted by atomic mass is 16.1. The van der Waals surface area contributed by atoms with E-state index in [-0.39, 0.29) is 11.7 Å². The van der Waals surface area contributed by atoms with Crippen LogP contribution in [0.5, 0.6) is 0 Å². The molecule has 2 heteroatoms. The maximum Gasteiger partial charge on any atom is 0.170 e. The smallest absolute Gasteiger partial charge is 0.170 e. The molecule has 1 aliphatic rings. The minimum absolute atomic E-state index is 0.128. The fourth-order valence-corrected chi connectivity index (χ4v) is 3.00. The van der Waals surface area contributed by atoms with Crippen LogP contribution in [0.25, 0.3) is 5.57 Å². The van der Waals surface area contributed by atoms with Crippen LogP contribution in [0, 0.1) is 0 Å². The van der Waals surface area contributed by atoms with Gasteiger partial charge in [-0.25, -0.2) is 0 Å². The van der Waals surface area contributed by atoms with Crippen molar-refractivity contribution in [2.75, 3.05) is 0 Å². The molecule has 0 spiro atoms. The zero-order valence-electron chi connectivity index (χ0n) is 13.0. The second kappa shape index (κ2) is 6.69. The van der Waals surface area contributed by atoms with Crippen molar-refractivity contribution in [3.8, 4) is 0 Å². The summed E-state index contributed by atoms with van der Waals surface area (Å²) in [4.78, 5) is 16.5. The quantitative estimate of drug-likeness (QED) is 0.740. The van der Waals surface area contributed by atoms with E-state index in [1.807, 2.05) is 6.92 Å². The second-order valence-electron chi connectivity index (χ2n) is 5.92. The lowest BCUT2D eigenvalue weighted by Crippen LogP contribution is -2.09. The Morgan fingerprint density at radius 3 is 2.41 bits per heavy atom. The number of Topliss-reactive ketones (excluding diaryl/α,β-unsaturated/α-hetero) is 1. The summed E-state index contributed by atoms with van der Waals surface area (Å²) in [6.07, 6.45) is 10.6. The number of pyridine rings is 1. The van der Waals surface area contributed by atoms with Crippen LogP contribution in [0.1, 0.15) is 60.0 Å². The molecule has 1 atom stereocenters. The first-order valence-corrected chi connectivity index (χ1v) is 7.99. The van der Waals surface area contributed by atoms with Gasteiger partial charge in [0.1, 0.15) is 0 Å². The van der Waals surface area contributed by atoms with Gasteiger partial charge in [-0.1, -0.05) is 37.3 Å². The minimum atomic E-state index is -0.128. The summed E-state index contributed by atoms with van der Waals surface area (Å²) in [6, 6.07) is 12.1. The van der Waals surface area contributed by atoms with Gasteiger partial charge in [0, 0.05) is 23.9 Å². The molecule has 2 nitrogen and oxygen atoms in total. The normalized spacial score (nSPS) is 16.0. The number of allylic oxidation sites excluding steroid dienone is 2. The summed E-state index contributed by atoms with van der Waals surface area (Å²) < 4.78 is 0. The van der Waals surface area contributed by atoms with Gasteiger partial charge >= 0.3 is 0 Å². The van der Waals surface area contributed by atoms with E-state index in [9.17, 15) is 4.79 Å². The molecule has 0 saturated heterocycles. The van der Waals surface area contributed by atoms with E-state index >= 15 is 0 Å². The molecule has 3 rings (SSSR count). The van der Waals surface area contributed by atoms with Gasteiger partial charge in [0.25, 0.3) is 0 Å². The van der Waals surface area contributed by atoms with Crippen LogP contribution in [-0.4, -0.2) is 10.8 Å². The van der Waals surface area contributed by atoms with Crippen LogP contribution < -0.4 is 0 Å². The van der Waals surface area contributed by atoms with E-state index in [2.05, 4.69) is 35.3 Å². The van der Waals surface area contributed by atoms with E-state index in [0.29, 0.717) is 0 Å². The highest BCUT2D eigenvalue weighted by Gasteiger charge is 2.17. The van der Waals surface area contributed by atoms with Crippen molar-refractivity contribution >= 4 is 11.4 Å². The Labute approximate surface area is 131 Å². The third kappa shape index (κ3) is 3.16. The van der Waals surface area contributed by atoms with Gasteiger partial charge in [0.2, 0.25) is 0 Å². The first-order valence-electron chi connectivity index (χ1n) is 7.99. The molecular formula is C20H21NO. The summed E-state index contributed by atoms with van der Waals surface area (Å²) in [5.41, 5.74) is 4.54. The van der Waals surface area contributed by atoms with Crippen molar-refractivity contribution < 1.29 is 4.79 Å². The zero-order chi connectivity index (χ0) is 15.4. The number of carbonyl (C=O) groups is 1. The van der Waals surface area contributed by atoms with Crippen LogP contribution in [0.3, 0.4) is 0 Å². The number of ketones is 1. The maximum absolute atomic E-state index is 12.5. The molecule has 0 bridgehead atoms. The summed E-state index contributed by atoms with van der Waals surface area (Å²) in [5, 5.41) is 0. The molecule has 22 heavy (non-hydrogen) atoms. The first-order chi connectivity index (χ1) is 10.8. The molecule has 1 aromatic carbocycles. The molecular weight excluding hydrogens is 270 g/mol. The van der Waals surface area contributed by atoms with Crippen molar-refractivity contribution in [2.24, 2.45) is 0 Å². The lowest BCUT2D eigenvalue weighted by molar-refractivity contribution is 0.0966. The van der Waals surface area contributed by atoms with Crippen LogP contribution >= 0.6 is 0 Å². The molecule has 112 valence electrons. The van der Waals surface area contributed by atoms with Gasteiger partial charge in [-0.05, 0) is 54.5 Å². The SMILES string of the molecule is CC(C(=O)c1ccncc1)c1ccc(C2=CCCCC2)cc1. The Balaban J connectivity index is 1.77. The Kier molecular flexibility index (Phi) is 4.47. The second-order valence-corrected chi connectivity index (χ2v) is 5.92. The predicted octanol–water partition coefficient (Wildman–Crippen LogP) is 5.03. The molecule has 0 fully saturated rings. The number of hydrogen-bond donors (Lipinski definition) is 0. The molecule has 1 heterocycles. The van der Waals surface area contributed by atoms with Crippen LogP contribution in [0.4, 0.5) is 0 Å². The van der Waals surface area contributed by atoms with Crippen molar-refractivity contribution in [3.05, 3.63) is 71.6 Å². The molecule has 0 aliphatic heterocycles. The Morgan fingerprint density at radius 1 is 1.05 bits per heavy atom. The molecule has 1 aliphatic carbocycles. The van der Waals surface area contributed by atoms with Gasteiger partial charge < -0.3 is 0 Å². The van der Waals surface area contributed by atoms with E-state index in [1.54, 1.807) is 24.5 Å². The number of rotatable bonds is 4. The average molecular weight is 291 g/mol. The highest BCUT2D eigenvalue weighted by molar-refractivity contribution is 6.00. The van der Waals surface area contributed by atoms with E-state index < -0.39 is 0 Å². The van der Waals surface area contributed by atoms with Gasteiger partial charge in [-0.2, -0.15) is 0 Å². The number of benzene rings is 1. The largest absolute Gasteiger partial charge is 0.294 e. The third-order valence-electron chi connectivity index (χ3n) is 4.43. The topological polar surface area (TPSA) is 30.0 Å². The van der Waals surface area contributed by atoms with E-state index in [0.717, 1.165) is 11.1 Å². The lowest BCUT2D eigenvalue weighted by atomic mass is 9.89. The number of hydrogen-bond acceptors (Lipinski definition) is 2. The highest BCUT2D eigenvalue weighted by Crippen LogP contribution is 2.28. The average Bonchev–Trinajstić information content (AvgIpc) is 2.62.